The normalized spacial score (nSPS) is 14.1. The fourth-order valence-electron chi connectivity index (χ4n) is 3.80. The van der Waals surface area contributed by atoms with Crippen molar-refractivity contribution in [1.82, 2.24) is 0 Å². The molecule has 0 aliphatic carbocycles. The lowest BCUT2D eigenvalue weighted by Gasteiger charge is -2.17. The molecule has 0 radical (unpaired) electrons. The Morgan fingerprint density at radius 1 is 1.00 bits per heavy atom. The van der Waals surface area contributed by atoms with E-state index in [2.05, 4.69) is 5.32 Å². The lowest BCUT2D eigenvalue weighted by atomic mass is 10.1. The number of rotatable bonds is 9. The second-order valence-corrected chi connectivity index (χ2v) is 10.1. The molecule has 7 nitrogen and oxygen atoms in total. The lowest BCUT2D eigenvalue weighted by Crippen LogP contribution is -2.27. The van der Waals surface area contributed by atoms with Gasteiger partial charge in [0.15, 0.2) is 22.4 Å². The van der Waals surface area contributed by atoms with Crippen LogP contribution in [0.25, 0.3) is 6.08 Å². The Balaban J connectivity index is 1.48. The second kappa shape index (κ2) is 12.1. The van der Waals surface area contributed by atoms with Crippen LogP contribution < -0.4 is 24.4 Å². The van der Waals surface area contributed by atoms with Crippen molar-refractivity contribution >= 4 is 57.6 Å². The minimum absolute atomic E-state index is 0.177. The van der Waals surface area contributed by atoms with Crippen molar-refractivity contribution in [1.29, 1.82) is 0 Å². The fourth-order valence-corrected chi connectivity index (χ4v) is 5.09. The number of nitrogens with zero attached hydrogens (tertiary/aromatic N) is 1. The molecule has 9 heteroatoms. The summed E-state index contributed by atoms with van der Waals surface area (Å²) in [5, 5.41) is 2.85. The Hall–Kier alpha value is -3.82. The van der Waals surface area contributed by atoms with E-state index < -0.39 is 0 Å². The minimum atomic E-state index is -0.278. The molecule has 0 unspecified atom stereocenters. The summed E-state index contributed by atoms with van der Waals surface area (Å²) >= 11 is 6.72. The minimum Gasteiger partial charge on any atom is -0.495 e. The average molecular weight is 549 g/mol. The molecule has 1 aliphatic heterocycles. The number of thioether (sulfide) groups is 1. The van der Waals surface area contributed by atoms with Gasteiger partial charge in [-0.1, -0.05) is 48.2 Å². The lowest BCUT2D eigenvalue weighted by molar-refractivity contribution is -0.118. The van der Waals surface area contributed by atoms with Crippen LogP contribution in [-0.4, -0.2) is 36.5 Å². The van der Waals surface area contributed by atoms with Crippen molar-refractivity contribution in [2.24, 2.45) is 0 Å². The van der Waals surface area contributed by atoms with E-state index in [0.717, 1.165) is 16.7 Å². The molecule has 3 aromatic rings. The number of carbonyl (C=O) groups excluding carboxylic acids is 2. The summed E-state index contributed by atoms with van der Waals surface area (Å²) in [4.78, 5) is 27.6. The molecular formula is C29H28N2O5S2. The van der Waals surface area contributed by atoms with Gasteiger partial charge in [0.1, 0.15) is 5.75 Å². The zero-order valence-electron chi connectivity index (χ0n) is 21.6. The van der Waals surface area contributed by atoms with E-state index in [4.69, 9.17) is 26.4 Å². The molecular weight excluding hydrogens is 520 g/mol. The molecule has 1 heterocycles. The van der Waals surface area contributed by atoms with Crippen LogP contribution in [0, 0.1) is 13.8 Å². The topological polar surface area (TPSA) is 77.1 Å². The van der Waals surface area contributed by atoms with E-state index in [0.29, 0.717) is 44.5 Å². The summed E-state index contributed by atoms with van der Waals surface area (Å²) in [5.41, 5.74) is 4.30. The zero-order valence-corrected chi connectivity index (χ0v) is 23.2. The van der Waals surface area contributed by atoms with Gasteiger partial charge in [-0.15, -0.1) is 0 Å². The molecule has 38 heavy (non-hydrogen) atoms. The Morgan fingerprint density at radius 2 is 1.79 bits per heavy atom. The highest BCUT2D eigenvalue weighted by atomic mass is 32.2. The Kier molecular flexibility index (Phi) is 8.70. The zero-order chi connectivity index (χ0) is 27.2. The highest BCUT2D eigenvalue weighted by molar-refractivity contribution is 8.27. The van der Waals surface area contributed by atoms with Crippen molar-refractivity contribution in [2.75, 3.05) is 30.5 Å². The molecule has 0 spiro atoms. The number of methoxy groups -OCH3 is 1. The molecule has 4 rings (SSSR count). The molecule has 3 aromatic carbocycles. The number of amides is 2. The van der Waals surface area contributed by atoms with Crippen LogP contribution in [0.4, 0.5) is 11.4 Å². The van der Waals surface area contributed by atoms with Crippen LogP contribution >= 0.6 is 24.0 Å². The second-order valence-electron chi connectivity index (χ2n) is 8.46. The van der Waals surface area contributed by atoms with Gasteiger partial charge in [0.2, 0.25) is 0 Å². The van der Waals surface area contributed by atoms with Crippen LogP contribution in [0.1, 0.15) is 23.6 Å². The number of aryl methyl sites for hydroxylation is 2. The van der Waals surface area contributed by atoms with E-state index in [9.17, 15) is 9.59 Å². The number of ether oxygens (including phenoxy) is 3. The van der Waals surface area contributed by atoms with Gasteiger partial charge in [0.25, 0.3) is 11.8 Å². The van der Waals surface area contributed by atoms with Gasteiger partial charge in [0.05, 0.1) is 24.3 Å². The highest BCUT2D eigenvalue weighted by Crippen LogP contribution is 2.40. The molecule has 196 valence electrons. The van der Waals surface area contributed by atoms with Crippen LogP contribution in [0.2, 0.25) is 0 Å². The maximum Gasteiger partial charge on any atom is 0.270 e. The summed E-state index contributed by atoms with van der Waals surface area (Å²) in [6.45, 7) is 6.11. The molecule has 2 amide bonds. The van der Waals surface area contributed by atoms with Gasteiger partial charge in [-0.2, -0.15) is 0 Å². The van der Waals surface area contributed by atoms with E-state index in [1.807, 2.05) is 51.1 Å². The number of hydrogen-bond donors (Lipinski definition) is 1. The average Bonchev–Trinajstić information content (AvgIpc) is 3.18. The number of nitrogens with one attached hydrogen (secondary N) is 1. The Bertz CT molecular complexity index is 1420. The summed E-state index contributed by atoms with van der Waals surface area (Å²) in [5.74, 6) is 0.957. The van der Waals surface area contributed by atoms with E-state index in [1.54, 1.807) is 43.5 Å². The first-order valence-corrected chi connectivity index (χ1v) is 13.2. The van der Waals surface area contributed by atoms with E-state index in [1.165, 1.54) is 16.7 Å². The van der Waals surface area contributed by atoms with Crippen LogP contribution in [0.15, 0.2) is 65.6 Å². The maximum atomic E-state index is 13.2. The van der Waals surface area contributed by atoms with E-state index in [-0.39, 0.29) is 18.4 Å². The number of benzene rings is 3. The first-order chi connectivity index (χ1) is 18.3. The number of thiocarbonyl (C=S) groups is 1. The van der Waals surface area contributed by atoms with Crippen molar-refractivity contribution < 1.29 is 23.8 Å². The summed E-state index contributed by atoms with van der Waals surface area (Å²) in [6, 6.07) is 18.3. The predicted octanol–water partition coefficient (Wildman–Crippen LogP) is 6.13. The summed E-state index contributed by atoms with van der Waals surface area (Å²) in [7, 11) is 1.55. The molecule has 1 N–H and O–H groups in total. The van der Waals surface area contributed by atoms with Gasteiger partial charge < -0.3 is 19.5 Å². The van der Waals surface area contributed by atoms with Crippen LogP contribution in [-0.2, 0) is 9.59 Å². The molecule has 1 fully saturated rings. The van der Waals surface area contributed by atoms with Gasteiger partial charge >= 0.3 is 0 Å². The molecule has 1 saturated heterocycles. The third kappa shape index (κ3) is 6.17. The van der Waals surface area contributed by atoms with Crippen LogP contribution in [0.3, 0.4) is 0 Å². The summed E-state index contributed by atoms with van der Waals surface area (Å²) < 4.78 is 17.4. The first-order valence-electron chi connectivity index (χ1n) is 12.0. The van der Waals surface area contributed by atoms with Crippen molar-refractivity contribution in [3.8, 4) is 17.2 Å². The molecule has 0 aromatic heterocycles. The fraction of sp³-hybridized carbons (Fsp3) is 0.207. The van der Waals surface area contributed by atoms with Crippen molar-refractivity contribution in [3.63, 3.8) is 0 Å². The molecule has 0 atom stereocenters. The Morgan fingerprint density at radius 3 is 2.53 bits per heavy atom. The third-order valence-corrected chi connectivity index (χ3v) is 7.14. The Labute approximate surface area is 231 Å². The van der Waals surface area contributed by atoms with Crippen molar-refractivity contribution in [3.05, 3.63) is 82.3 Å². The van der Waals surface area contributed by atoms with Gasteiger partial charge in [0, 0.05) is 5.69 Å². The van der Waals surface area contributed by atoms with Gasteiger partial charge in [-0.3, -0.25) is 14.5 Å². The monoisotopic (exact) mass is 548 g/mol. The predicted molar refractivity (Wildman–Crippen MR) is 156 cm³/mol. The van der Waals surface area contributed by atoms with Crippen molar-refractivity contribution in [2.45, 2.75) is 20.8 Å². The standard InChI is InChI=1S/C29H28N2O5S2/c1-5-35-25-15-20(11-13-24(25)36-17-27(32)30-21-12-10-18(2)19(3)14-21)16-26-28(33)31(29(37)38-26)22-8-6-7-9-23(22)34-4/h6-16H,5,17H2,1-4H3,(H,30,32)/b26-16+. The van der Waals surface area contributed by atoms with Gasteiger partial charge in [-0.25, -0.2) is 0 Å². The number of hydrogen-bond acceptors (Lipinski definition) is 7. The molecule has 0 bridgehead atoms. The largest absolute Gasteiger partial charge is 0.495 e. The van der Waals surface area contributed by atoms with Crippen LogP contribution in [0.5, 0.6) is 17.2 Å². The summed E-state index contributed by atoms with van der Waals surface area (Å²) in [6.07, 6.45) is 1.76. The maximum absolute atomic E-state index is 13.2. The third-order valence-electron chi connectivity index (χ3n) is 5.83. The van der Waals surface area contributed by atoms with E-state index >= 15 is 0 Å². The highest BCUT2D eigenvalue weighted by Gasteiger charge is 2.34. The first kappa shape index (κ1) is 27.2. The quantitative estimate of drug-likeness (QED) is 0.254. The SMILES string of the molecule is CCOc1cc(/C=C2/SC(=S)N(c3ccccc3OC)C2=O)ccc1OCC(=O)Nc1ccc(C)c(C)c1. The van der Waals surface area contributed by atoms with Gasteiger partial charge in [-0.05, 0) is 79.9 Å². The smallest absolute Gasteiger partial charge is 0.270 e. The number of para-hydroxylation sites is 2. The number of carbonyl (C=O) groups is 2. The molecule has 0 saturated carbocycles. The number of anilines is 2. The molecule has 1 aliphatic rings.